The van der Waals surface area contributed by atoms with E-state index < -0.39 is 5.97 Å². The molecule has 1 aliphatic rings. The number of hydrogen-bond donors (Lipinski definition) is 2. The van der Waals surface area contributed by atoms with E-state index in [1.807, 2.05) is 0 Å². The number of aliphatic hydroxyl groups excluding tert-OH is 1. The van der Waals surface area contributed by atoms with E-state index in [4.69, 9.17) is 4.74 Å². The number of carbonyl (C=O) groups is 1. The molecule has 0 saturated carbocycles. The van der Waals surface area contributed by atoms with Crippen molar-refractivity contribution in [2.75, 3.05) is 13.2 Å². The maximum absolute atomic E-state index is 11.2. The molecular formula is C9H13NO3. The van der Waals surface area contributed by atoms with Crippen LogP contribution < -0.4 is 5.32 Å². The molecule has 2 N–H and O–H groups in total. The fourth-order valence-corrected chi connectivity index (χ4v) is 1.14. The smallest absolute Gasteiger partial charge is 0.337 e. The van der Waals surface area contributed by atoms with Crippen molar-refractivity contribution in [3.05, 3.63) is 23.6 Å². The Bertz CT molecular complexity index is 268. The summed E-state index contributed by atoms with van der Waals surface area (Å²) in [4.78, 5) is 11.2. The molecular weight excluding hydrogens is 170 g/mol. The first kappa shape index (κ1) is 9.64. The van der Waals surface area contributed by atoms with Gasteiger partial charge in [-0.3, -0.25) is 0 Å². The van der Waals surface area contributed by atoms with Crippen molar-refractivity contribution in [1.29, 1.82) is 0 Å². The molecule has 13 heavy (non-hydrogen) atoms. The number of ether oxygens (including phenoxy) is 1. The monoisotopic (exact) mass is 183 g/mol. The number of esters is 1. The Balaban J connectivity index is 2.82. The average molecular weight is 183 g/mol. The van der Waals surface area contributed by atoms with Crippen LogP contribution in [0.5, 0.6) is 0 Å². The third-order valence-corrected chi connectivity index (χ3v) is 1.81. The van der Waals surface area contributed by atoms with Crippen LogP contribution in [0.1, 0.15) is 13.3 Å². The van der Waals surface area contributed by atoms with Crippen LogP contribution in [0, 0.1) is 0 Å². The number of carbonyl (C=O) groups excluding carboxylic acids is 1. The minimum atomic E-state index is -0.456. The molecule has 0 atom stereocenters. The Morgan fingerprint density at radius 1 is 1.77 bits per heavy atom. The topological polar surface area (TPSA) is 58.6 Å². The summed E-state index contributed by atoms with van der Waals surface area (Å²) in [6.45, 7) is 6.21. The Kier molecular flexibility index (Phi) is 2.95. The molecule has 0 aliphatic carbocycles. The van der Waals surface area contributed by atoms with Gasteiger partial charge < -0.3 is 15.2 Å². The lowest BCUT2D eigenvalue weighted by Crippen LogP contribution is -2.26. The van der Waals surface area contributed by atoms with Crippen LogP contribution >= 0.6 is 0 Å². The lowest BCUT2D eigenvalue weighted by molar-refractivity contribution is -0.138. The Hall–Kier alpha value is -1.45. The standard InChI is InChI=1S/C9H13NO3/c1-3-13-9(12)7-4-5-10-6(2)8(7)11/h10-11H,2-5H2,1H3. The maximum Gasteiger partial charge on any atom is 0.337 e. The molecule has 0 fully saturated rings. The van der Waals surface area contributed by atoms with Crippen LogP contribution in [0.4, 0.5) is 0 Å². The molecule has 0 unspecified atom stereocenters. The first-order chi connectivity index (χ1) is 6.16. The maximum atomic E-state index is 11.2. The molecule has 1 aliphatic heterocycles. The van der Waals surface area contributed by atoms with E-state index in [-0.39, 0.29) is 5.76 Å². The lowest BCUT2D eigenvalue weighted by atomic mass is 10.1. The summed E-state index contributed by atoms with van der Waals surface area (Å²) in [6, 6.07) is 0. The summed E-state index contributed by atoms with van der Waals surface area (Å²) in [5.74, 6) is -0.535. The van der Waals surface area contributed by atoms with Crippen molar-refractivity contribution in [1.82, 2.24) is 5.32 Å². The molecule has 4 nitrogen and oxygen atoms in total. The fraction of sp³-hybridized carbons (Fsp3) is 0.444. The molecule has 0 amide bonds. The first-order valence-corrected chi connectivity index (χ1v) is 4.19. The minimum Gasteiger partial charge on any atom is -0.505 e. The molecule has 4 heteroatoms. The van der Waals surface area contributed by atoms with E-state index in [0.29, 0.717) is 30.8 Å². The third-order valence-electron chi connectivity index (χ3n) is 1.81. The van der Waals surface area contributed by atoms with E-state index >= 15 is 0 Å². The summed E-state index contributed by atoms with van der Waals surface area (Å²) >= 11 is 0. The predicted molar refractivity (Wildman–Crippen MR) is 48.0 cm³/mol. The highest BCUT2D eigenvalue weighted by Crippen LogP contribution is 2.17. The van der Waals surface area contributed by atoms with Crippen molar-refractivity contribution in [3.63, 3.8) is 0 Å². The summed E-state index contributed by atoms with van der Waals surface area (Å²) < 4.78 is 4.77. The van der Waals surface area contributed by atoms with Crippen molar-refractivity contribution < 1.29 is 14.6 Å². The second-order valence-electron chi connectivity index (χ2n) is 2.70. The predicted octanol–water partition coefficient (Wildman–Crippen LogP) is 0.869. The minimum absolute atomic E-state index is 0.0790. The van der Waals surface area contributed by atoms with Crippen LogP contribution in [0.15, 0.2) is 23.6 Å². The molecule has 0 saturated heterocycles. The van der Waals surface area contributed by atoms with E-state index in [0.717, 1.165) is 0 Å². The number of rotatable bonds is 2. The van der Waals surface area contributed by atoms with Gasteiger partial charge in [-0.2, -0.15) is 0 Å². The Morgan fingerprint density at radius 3 is 3.08 bits per heavy atom. The molecule has 0 aromatic carbocycles. The lowest BCUT2D eigenvalue weighted by Gasteiger charge is -2.18. The second kappa shape index (κ2) is 3.98. The highest BCUT2D eigenvalue weighted by atomic mass is 16.5. The van der Waals surface area contributed by atoms with E-state index in [1.165, 1.54) is 0 Å². The van der Waals surface area contributed by atoms with Gasteiger partial charge >= 0.3 is 5.97 Å². The van der Waals surface area contributed by atoms with Gasteiger partial charge in [-0.25, -0.2) is 4.79 Å². The fourth-order valence-electron chi connectivity index (χ4n) is 1.14. The van der Waals surface area contributed by atoms with Crippen LogP contribution in [0.2, 0.25) is 0 Å². The highest BCUT2D eigenvalue weighted by Gasteiger charge is 2.21. The van der Waals surface area contributed by atoms with Crippen molar-refractivity contribution in [2.24, 2.45) is 0 Å². The Labute approximate surface area is 76.9 Å². The summed E-state index contributed by atoms with van der Waals surface area (Å²) in [5, 5.41) is 12.3. The van der Waals surface area contributed by atoms with E-state index in [2.05, 4.69) is 11.9 Å². The average Bonchev–Trinajstić information content (AvgIpc) is 2.10. The summed E-state index contributed by atoms with van der Waals surface area (Å²) in [6.07, 6.45) is 0.476. The molecule has 72 valence electrons. The van der Waals surface area contributed by atoms with Crippen molar-refractivity contribution >= 4 is 5.97 Å². The molecule has 0 aromatic rings. The number of hydrogen-bond acceptors (Lipinski definition) is 4. The highest BCUT2D eigenvalue weighted by molar-refractivity contribution is 5.90. The van der Waals surface area contributed by atoms with Gasteiger partial charge in [-0.15, -0.1) is 0 Å². The molecule has 0 spiro atoms. The van der Waals surface area contributed by atoms with Crippen LogP contribution in [0.25, 0.3) is 0 Å². The zero-order valence-electron chi connectivity index (χ0n) is 7.59. The van der Waals surface area contributed by atoms with Gasteiger partial charge in [0.2, 0.25) is 0 Å². The largest absolute Gasteiger partial charge is 0.505 e. The van der Waals surface area contributed by atoms with Crippen molar-refractivity contribution in [3.8, 4) is 0 Å². The van der Waals surface area contributed by atoms with E-state index in [9.17, 15) is 9.90 Å². The van der Waals surface area contributed by atoms with Crippen LogP contribution in [-0.2, 0) is 9.53 Å². The van der Waals surface area contributed by atoms with Gasteiger partial charge in [-0.05, 0) is 6.92 Å². The molecule has 1 rings (SSSR count). The Morgan fingerprint density at radius 2 is 2.46 bits per heavy atom. The third kappa shape index (κ3) is 2.02. The van der Waals surface area contributed by atoms with Crippen LogP contribution in [-0.4, -0.2) is 24.2 Å². The molecule has 1 heterocycles. The van der Waals surface area contributed by atoms with Gasteiger partial charge in [0.15, 0.2) is 0 Å². The SMILES string of the molecule is C=C1NCCC(C(=O)OCC)=C1O. The molecule has 0 bridgehead atoms. The van der Waals surface area contributed by atoms with Gasteiger partial charge in [0, 0.05) is 13.0 Å². The zero-order chi connectivity index (χ0) is 9.84. The quantitative estimate of drug-likeness (QED) is 0.623. The van der Waals surface area contributed by atoms with Gasteiger partial charge in [0.05, 0.1) is 17.9 Å². The number of nitrogens with one attached hydrogen (secondary N) is 1. The zero-order valence-corrected chi connectivity index (χ0v) is 7.59. The van der Waals surface area contributed by atoms with Gasteiger partial charge in [0.25, 0.3) is 0 Å². The molecule has 0 radical (unpaired) electrons. The summed E-state index contributed by atoms with van der Waals surface area (Å²) in [7, 11) is 0. The first-order valence-electron chi connectivity index (χ1n) is 4.19. The molecule has 0 aromatic heterocycles. The van der Waals surface area contributed by atoms with Gasteiger partial charge in [0.1, 0.15) is 5.76 Å². The van der Waals surface area contributed by atoms with Crippen LogP contribution in [0.3, 0.4) is 0 Å². The normalized spacial score (nSPS) is 16.8. The van der Waals surface area contributed by atoms with Crippen molar-refractivity contribution in [2.45, 2.75) is 13.3 Å². The second-order valence-corrected chi connectivity index (χ2v) is 2.70. The van der Waals surface area contributed by atoms with Gasteiger partial charge in [-0.1, -0.05) is 6.58 Å². The number of aliphatic hydroxyl groups is 1. The van der Waals surface area contributed by atoms with E-state index in [1.54, 1.807) is 6.92 Å². The summed E-state index contributed by atoms with van der Waals surface area (Å²) in [5.41, 5.74) is 0.694.